The van der Waals surface area contributed by atoms with E-state index >= 15 is 0 Å². The van der Waals surface area contributed by atoms with Crippen molar-refractivity contribution in [2.75, 3.05) is 0 Å². The van der Waals surface area contributed by atoms with E-state index in [0.29, 0.717) is 0 Å². The van der Waals surface area contributed by atoms with Gasteiger partial charge in [0.2, 0.25) is 0 Å². The van der Waals surface area contributed by atoms with Crippen molar-refractivity contribution < 1.29 is 10.0 Å². The van der Waals surface area contributed by atoms with Gasteiger partial charge < -0.3 is 5.11 Å². The van der Waals surface area contributed by atoms with Crippen molar-refractivity contribution in [1.82, 2.24) is 9.78 Å². The summed E-state index contributed by atoms with van der Waals surface area (Å²) in [6.07, 6.45) is 1.13. The van der Waals surface area contributed by atoms with Gasteiger partial charge in [-0.05, 0) is 13.8 Å². The van der Waals surface area contributed by atoms with Crippen LogP contribution in [0.1, 0.15) is 19.5 Å². The fraction of sp³-hybridized carbons (Fsp3) is 0.571. The molecular weight excluding hydrogens is 174 g/mol. The van der Waals surface area contributed by atoms with Gasteiger partial charge in [-0.25, -0.2) is 0 Å². The maximum absolute atomic E-state index is 10.5. The summed E-state index contributed by atoms with van der Waals surface area (Å²) in [5.74, 6) is 0. The molecule has 72 valence electrons. The standard InChI is InChI=1S/C7H11N3O3/c1-7(2,11)6-5(10(12)13)4-8-9(6)3/h4,11H,1-3H3. The molecule has 1 heterocycles. The Labute approximate surface area is 74.9 Å². The van der Waals surface area contributed by atoms with Crippen LogP contribution in [0.25, 0.3) is 0 Å². The number of hydrogen-bond acceptors (Lipinski definition) is 4. The molecule has 1 aromatic heterocycles. The van der Waals surface area contributed by atoms with Gasteiger partial charge >= 0.3 is 5.69 Å². The molecule has 0 atom stereocenters. The molecule has 0 aromatic carbocycles. The van der Waals surface area contributed by atoms with E-state index in [2.05, 4.69) is 5.10 Å². The molecule has 6 nitrogen and oxygen atoms in total. The highest BCUT2D eigenvalue weighted by Gasteiger charge is 2.30. The average molecular weight is 185 g/mol. The highest BCUT2D eigenvalue weighted by Crippen LogP contribution is 2.28. The minimum Gasteiger partial charge on any atom is -0.384 e. The number of nitrogens with zero attached hydrogens (tertiary/aromatic N) is 3. The summed E-state index contributed by atoms with van der Waals surface area (Å²) < 4.78 is 1.30. The van der Waals surface area contributed by atoms with E-state index in [1.165, 1.54) is 18.5 Å². The van der Waals surface area contributed by atoms with Crippen LogP contribution in [0.15, 0.2) is 6.20 Å². The Balaban J connectivity index is 3.33. The summed E-state index contributed by atoms with van der Waals surface area (Å²) in [7, 11) is 1.56. The summed E-state index contributed by atoms with van der Waals surface area (Å²) in [4.78, 5) is 9.97. The van der Waals surface area contributed by atoms with Gasteiger partial charge in [-0.15, -0.1) is 0 Å². The van der Waals surface area contributed by atoms with Gasteiger partial charge in [0.25, 0.3) is 0 Å². The third-order valence-electron chi connectivity index (χ3n) is 1.70. The molecule has 0 saturated heterocycles. The van der Waals surface area contributed by atoms with Crippen LogP contribution < -0.4 is 0 Å². The number of aryl methyl sites for hydroxylation is 1. The Morgan fingerprint density at radius 3 is 2.54 bits per heavy atom. The van der Waals surface area contributed by atoms with E-state index in [9.17, 15) is 15.2 Å². The van der Waals surface area contributed by atoms with Crippen molar-refractivity contribution >= 4 is 5.69 Å². The van der Waals surface area contributed by atoms with Crippen LogP contribution in [-0.4, -0.2) is 19.8 Å². The molecule has 13 heavy (non-hydrogen) atoms. The van der Waals surface area contributed by atoms with E-state index < -0.39 is 10.5 Å². The topological polar surface area (TPSA) is 81.2 Å². The van der Waals surface area contributed by atoms with Crippen molar-refractivity contribution in [2.45, 2.75) is 19.4 Å². The lowest BCUT2D eigenvalue weighted by Crippen LogP contribution is -2.21. The van der Waals surface area contributed by atoms with Crippen LogP contribution in [0.5, 0.6) is 0 Å². The maximum Gasteiger partial charge on any atom is 0.313 e. The molecule has 1 rings (SSSR count). The van der Waals surface area contributed by atoms with E-state index in [1.54, 1.807) is 7.05 Å². The Hall–Kier alpha value is -1.43. The Morgan fingerprint density at radius 1 is 1.69 bits per heavy atom. The third-order valence-corrected chi connectivity index (χ3v) is 1.70. The number of nitro groups is 1. The van der Waals surface area contributed by atoms with E-state index in [-0.39, 0.29) is 11.4 Å². The Morgan fingerprint density at radius 2 is 2.23 bits per heavy atom. The predicted octanol–water partition coefficient (Wildman–Crippen LogP) is 0.556. The molecule has 6 heteroatoms. The monoisotopic (exact) mass is 185 g/mol. The molecule has 0 aliphatic heterocycles. The number of hydrogen-bond donors (Lipinski definition) is 1. The lowest BCUT2D eigenvalue weighted by atomic mass is 10.0. The zero-order valence-electron chi connectivity index (χ0n) is 7.68. The lowest BCUT2D eigenvalue weighted by Gasteiger charge is -2.16. The molecular formula is C7H11N3O3. The van der Waals surface area contributed by atoms with Crippen LogP contribution in [0.3, 0.4) is 0 Å². The summed E-state index contributed by atoms with van der Waals surface area (Å²) in [5, 5.41) is 23.9. The second kappa shape index (κ2) is 2.81. The molecule has 1 N–H and O–H groups in total. The minimum absolute atomic E-state index is 0.157. The fourth-order valence-electron chi connectivity index (χ4n) is 1.27. The summed E-state index contributed by atoms with van der Waals surface area (Å²) >= 11 is 0. The largest absolute Gasteiger partial charge is 0.384 e. The fourth-order valence-corrected chi connectivity index (χ4v) is 1.27. The maximum atomic E-state index is 10.5. The first kappa shape index (κ1) is 9.66. The minimum atomic E-state index is -1.26. The van der Waals surface area contributed by atoms with Crippen molar-refractivity contribution in [2.24, 2.45) is 7.05 Å². The average Bonchev–Trinajstić information content (AvgIpc) is 2.28. The molecule has 0 unspecified atom stereocenters. The van der Waals surface area contributed by atoms with Gasteiger partial charge in [0.15, 0.2) is 0 Å². The first-order valence-corrected chi connectivity index (χ1v) is 3.73. The molecule has 0 bridgehead atoms. The van der Waals surface area contributed by atoms with E-state index in [1.807, 2.05) is 0 Å². The molecule has 0 aliphatic rings. The second-order valence-corrected chi connectivity index (χ2v) is 3.32. The summed E-state index contributed by atoms with van der Waals surface area (Å²) in [5.41, 5.74) is -1.21. The third kappa shape index (κ3) is 1.67. The molecule has 0 fully saturated rings. The molecule has 0 spiro atoms. The molecule has 0 amide bonds. The van der Waals surface area contributed by atoms with Crippen molar-refractivity contribution in [3.05, 3.63) is 22.0 Å². The van der Waals surface area contributed by atoms with Crippen LogP contribution in [-0.2, 0) is 12.6 Å². The van der Waals surface area contributed by atoms with Crippen LogP contribution in [0.2, 0.25) is 0 Å². The van der Waals surface area contributed by atoms with Crippen molar-refractivity contribution in [3.8, 4) is 0 Å². The number of aliphatic hydroxyl groups is 1. The first-order chi connectivity index (χ1) is 5.84. The number of rotatable bonds is 2. The van der Waals surface area contributed by atoms with Gasteiger partial charge in [0, 0.05) is 7.05 Å². The van der Waals surface area contributed by atoms with Gasteiger partial charge in [-0.2, -0.15) is 5.10 Å². The van der Waals surface area contributed by atoms with Gasteiger partial charge in [-0.3, -0.25) is 14.8 Å². The Kier molecular flexibility index (Phi) is 2.09. The van der Waals surface area contributed by atoms with Crippen molar-refractivity contribution in [3.63, 3.8) is 0 Å². The zero-order valence-corrected chi connectivity index (χ0v) is 7.68. The van der Waals surface area contributed by atoms with Crippen molar-refractivity contribution in [1.29, 1.82) is 0 Å². The quantitative estimate of drug-likeness (QED) is 0.539. The normalized spacial score (nSPS) is 11.7. The van der Waals surface area contributed by atoms with Crippen LogP contribution in [0.4, 0.5) is 5.69 Å². The molecule has 0 aliphatic carbocycles. The predicted molar refractivity (Wildman–Crippen MR) is 45.1 cm³/mol. The highest BCUT2D eigenvalue weighted by atomic mass is 16.6. The van der Waals surface area contributed by atoms with E-state index in [4.69, 9.17) is 0 Å². The molecule has 0 radical (unpaired) electrons. The van der Waals surface area contributed by atoms with E-state index in [0.717, 1.165) is 6.20 Å². The summed E-state index contributed by atoms with van der Waals surface area (Å²) in [6, 6.07) is 0. The Bertz CT molecular complexity index is 337. The molecule has 0 saturated carbocycles. The highest BCUT2D eigenvalue weighted by molar-refractivity contribution is 5.36. The molecule has 1 aromatic rings. The van der Waals surface area contributed by atoms with Gasteiger partial charge in [-0.1, -0.05) is 0 Å². The van der Waals surface area contributed by atoms with Crippen LogP contribution in [0, 0.1) is 10.1 Å². The first-order valence-electron chi connectivity index (χ1n) is 3.73. The second-order valence-electron chi connectivity index (χ2n) is 3.32. The smallest absolute Gasteiger partial charge is 0.313 e. The van der Waals surface area contributed by atoms with Crippen LogP contribution >= 0.6 is 0 Å². The number of aromatic nitrogens is 2. The lowest BCUT2D eigenvalue weighted by molar-refractivity contribution is -0.386. The summed E-state index contributed by atoms with van der Waals surface area (Å²) in [6.45, 7) is 2.97. The van der Waals surface area contributed by atoms with Gasteiger partial charge in [0.1, 0.15) is 17.5 Å². The van der Waals surface area contributed by atoms with Gasteiger partial charge in [0.05, 0.1) is 4.92 Å². The SMILES string of the molecule is Cn1ncc([N+](=O)[O-])c1C(C)(C)O. The zero-order chi connectivity index (χ0) is 10.2.